The van der Waals surface area contributed by atoms with Gasteiger partial charge in [-0.2, -0.15) is 0 Å². The molecule has 0 radical (unpaired) electrons. The molecule has 7 heteroatoms. The number of esters is 1. The van der Waals surface area contributed by atoms with Gasteiger partial charge in [-0.25, -0.2) is 13.2 Å². The Labute approximate surface area is 165 Å². The van der Waals surface area contributed by atoms with Crippen LogP contribution in [0.15, 0.2) is 64.9 Å². The molecule has 2 aromatic carbocycles. The Kier molecular flexibility index (Phi) is 7.10. The SMILES string of the molecule is C=CCN(c1cccc(C(=O)OCC)c1C)S(=O)(=O)c1ccc(SC)cc1. The molecule has 0 saturated heterocycles. The third kappa shape index (κ3) is 4.54. The van der Waals surface area contributed by atoms with Crippen molar-refractivity contribution in [2.24, 2.45) is 0 Å². The van der Waals surface area contributed by atoms with Crippen molar-refractivity contribution in [2.75, 3.05) is 23.7 Å². The number of hydrogen-bond donors (Lipinski definition) is 0. The molecule has 0 aromatic heterocycles. The zero-order valence-electron chi connectivity index (χ0n) is 15.6. The highest BCUT2D eigenvalue weighted by molar-refractivity contribution is 7.98. The first-order chi connectivity index (χ1) is 12.9. The number of carbonyl (C=O) groups is 1. The third-order valence-electron chi connectivity index (χ3n) is 4.01. The fourth-order valence-electron chi connectivity index (χ4n) is 2.64. The van der Waals surface area contributed by atoms with Crippen LogP contribution in [0.5, 0.6) is 0 Å². The summed E-state index contributed by atoms with van der Waals surface area (Å²) in [5.74, 6) is -0.475. The number of carbonyl (C=O) groups excluding carboxylic acids is 1. The average Bonchev–Trinajstić information content (AvgIpc) is 2.66. The molecule has 0 unspecified atom stereocenters. The van der Waals surface area contributed by atoms with E-state index in [0.29, 0.717) is 16.8 Å². The second-order valence-electron chi connectivity index (χ2n) is 5.67. The van der Waals surface area contributed by atoms with Gasteiger partial charge in [0.15, 0.2) is 0 Å². The standard InChI is InChI=1S/C20H23NO4S2/c1-5-14-21(27(23,24)17-12-10-16(26-4)11-13-17)19-9-7-8-18(15(19)3)20(22)25-6-2/h5,7-13H,1,6,14H2,2-4H3. The second kappa shape index (κ2) is 9.10. The van der Waals surface area contributed by atoms with Crippen molar-refractivity contribution in [3.8, 4) is 0 Å². The summed E-state index contributed by atoms with van der Waals surface area (Å²) < 4.78 is 32.8. The fraction of sp³-hybridized carbons (Fsp3) is 0.250. The second-order valence-corrected chi connectivity index (χ2v) is 8.41. The first-order valence-corrected chi connectivity index (χ1v) is 11.1. The summed E-state index contributed by atoms with van der Waals surface area (Å²) in [5, 5.41) is 0. The normalized spacial score (nSPS) is 11.1. The zero-order chi connectivity index (χ0) is 20.0. The van der Waals surface area contributed by atoms with Crippen LogP contribution in [0.2, 0.25) is 0 Å². The van der Waals surface area contributed by atoms with Crippen LogP contribution in [0.25, 0.3) is 0 Å². The van der Waals surface area contributed by atoms with Gasteiger partial charge in [0.1, 0.15) is 0 Å². The molecule has 0 saturated carbocycles. The first-order valence-electron chi connectivity index (χ1n) is 8.41. The summed E-state index contributed by atoms with van der Waals surface area (Å²) in [6, 6.07) is 11.7. The summed E-state index contributed by atoms with van der Waals surface area (Å²) >= 11 is 1.54. The van der Waals surface area contributed by atoms with Crippen molar-refractivity contribution in [1.82, 2.24) is 0 Å². The maximum Gasteiger partial charge on any atom is 0.338 e. The number of benzene rings is 2. The van der Waals surface area contributed by atoms with Gasteiger partial charge in [0, 0.05) is 4.90 Å². The van der Waals surface area contributed by atoms with Crippen molar-refractivity contribution in [3.63, 3.8) is 0 Å². The summed E-state index contributed by atoms with van der Waals surface area (Å²) in [4.78, 5) is 13.3. The minimum Gasteiger partial charge on any atom is -0.462 e. The van der Waals surface area contributed by atoms with Gasteiger partial charge in [0.25, 0.3) is 10.0 Å². The lowest BCUT2D eigenvalue weighted by atomic mass is 10.1. The van der Waals surface area contributed by atoms with Crippen molar-refractivity contribution in [1.29, 1.82) is 0 Å². The molecule has 0 spiro atoms. The maximum atomic E-state index is 13.2. The van der Waals surface area contributed by atoms with E-state index in [4.69, 9.17) is 4.74 Å². The van der Waals surface area contributed by atoms with E-state index >= 15 is 0 Å². The van der Waals surface area contributed by atoms with Crippen LogP contribution in [0, 0.1) is 6.92 Å². The Bertz CT molecular complexity index is 921. The van der Waals surface area contributed by atoms with E-state index in [2.05, 4.69) is 6.58 Å². The Hall–Kier alpha value is -2.25. The van der Waals surface area contributed by atoms with Crippen molar-refractivity contribution < 1.29 is 17.9 Å². The van der Waals surface area contributed by atoms with Gasteiger partial charge in [-0.1, -0.05) is 12.1 Å². The molecule has 0 aliphatic carbocycles. The van der Waals surface area contributed by atoms with Gasteiger partial charge in [0.05, 0.1) is 29.3 Å². The predicted octanol–water partition coefficient (Wildman–Crippen LogP) is 4.27. The number of anilines is 1. The van der Waals surface area contributed by atoms with E-state index in [-0.39, 0.29) is 18.0 Å². The molecule has 27 heavy (non-hydrogen) atoms. The van der Waals surface area contributed by atoms with E-state index in [0.717, 1.165) is 4.90 Å². The quantitative estimate of drug-likeness (QED) is 0.373. The number of thioether (sulfide) groups is 1. The van der Waals surface area contributed by atoms with Crippen LogP contribution in [0.1, 0.15) is 22.8 Å². The van der Waals surface area contributed by atoms with E-state index < -0.39 is 16.0 Å². The molecule has 144 valence electrons. The molecule has 0 aliphatic heterocycles. The number of nitrogens with zero attached hydrogens (tertiary/aromatic N) is 1. The number of rotatable bonds is 8. The topological polar surface area (TPSA) is 63.7 Å². The van der Waals surface area contributed by atoms with Crippen LogP contribution < -0.4 is 4.31 Å². The largest absolute Gasteiger partial charge is 0.462 e. The lowest BCUT2D eigenvalue weighted by molar-refractivity contribution is 0.0525. The Balaban J connectivity index is 2.55. The van der Waals surface area contributed by atoms with Gasteiger partial charge in [-0.05, 0) is 62.1 Å². The highest BCUT2D eigenvalue weighted by atomic mass is 32.2. The minimum absolute atomic E-state index is 0.0831. The van der Waals surface area contributed by atoms with Crippen LogP contribution in [-0.2, 0) is 14.8 Å². The molecule has 0 N–H and O–H groups in total. The van der Waals surface area contributed by atoms with Crippen LogP contribution in [-0.4, -0.2) is 33.8 Å². The summed E-state index contributed by atoms with van der Waals surface area (Å²) in [7, 11) is -3.82. The van der Waals surface area contributed by atoms with Crippen LogP contribution >= 0.6 is 11.8 Å². The van der Waals surface area contributed by atoms with E-state index in [1.165, 1.54) is 22.1 Å². The molecule has 2 rings (SSSR count). The van der Waals surface area contributed by atoms with Gasteiger partial charge in [-0.15, -0.1) is 18.3 Å². The molecular formula is C20H23NO4S2. The lowest BCUT2D eigenvalue weighted by Crippen LogP contribution is -2.32. The van der Waals surface area contributed by atoms with Gasteiger partial charge < -0.3 is 4.74 Å². The molecule has 0 heterocycles. The predicted molar refractivity (Wildman–Crippen MR) is 110 cm³/mol. The van der Waals surface area contributed by atoms with E-state index in [1.54, 1.807) is 56.3 Å². The van der Waals surface area contributed by atoms with Gasteiger partial charge in [-0.3, -0.25) is 4.31 Å². The average molecular weight is 406 g/mol. The van der Waals surface area contributed by atoms with Crippen LogP contribution in [0.3, 0.4) is 0 Å². The third-order valence-corrected chi connectivity index (χ3v) is 6.55. The molecule has 5 nitrogen and oxygen atoms in total. The molecule has 0 fully saturated rings. The minimum atomic E-state index is -3.82. The number of hydrogen-bond acceptors (Lipinski definition) is 5. The molecule has 0 bridgehead atoms. The Morgan fingerprint density at radius 3 is 2.44 bits per heavy atom. The van der Waals surface area contributed by atoms with Crippen LogP contribution in [0.4, 0.5) is 5.69 Å². The highest BCUT2D eigenvalue weighted by Crippen LogP contribution is 2.30. The smallest absolute Gasteiger partial charge is 0.338 e. The summed E-state index contributed by atoms with van der Waals surface area (Å²) in [6.07, 6.45) is 3.45. The van der Waals surface area contributed by atoms with Crippen molar-refractivity contribution >= 4 is 33.4 Å². The lowest BCUT2D eigenvalue weighted by Gasteiger charge is -2.25. The van der Waals surface area contributed by atoms with Crippen molar-refractivity contribution in [2.45, 2.75) is 23.6 Å². The fourth-order valence-corrected chi connectivity index (χ4v) is 4.54. The van der Waals surface area contributed by atoms with E-state index in [1.807, 2.05) is 6.26 Å². The number of ether oxygens (including phenoxy) is 1. The Morgan fingerprint density at radius 2 is 1.89 bits per heavy atom. The maximum absolute atomic E-state index is 13.2. The van der Waals surface area contributed by atoms with Gasteiger partial charge in [0.2, 0.25) is 0 Å². The van der Waals surface area contributed by atoms with Gasteiger partial charge >= 0.3 is 5.97 Å². The highest BCUT2D eigenvalue weighted by Gasteiger charge is 2.26. The summed E-state index contributed by atoms with van der Waals surface area (Å²) in [5.41, 5.74) is 1.31. The molecule has 0 aliphatic rings. The van der Waals surface area contributed by atoms with E-state index in [9.17, 15) is 13.2 Å². The first kappa shape index (κ1) is 21.1. The van der Waals surface area contributed by atoms with Crippen molar-refractivity contribution in [3.05, 3.63) is 66.2 Å². The molecule has 2 aromatic rings. The number of sulfonamides is 1. The Morgan fingerprint density at radius 1 is 1.22 bits per heavy atom. The zero-order valence-corrected chi connectivity index (χ0v) is 17.3. The molecular weight excluding hydrogens is 382 g/mol. The molecule has 0 amide bonds. The molecule has 0 atom stereocenters. The monoisotopic (exact) mass is 405 g/mol. The summed E-state index contributed by atoms with van der Waals surface area (Å²) in [6.45, 7) is 7.45.